The Bertz CT molecular complexity index is 1280. The van der Waals surface area contributed by atoms with Crippen LogP contribution in [0.3, 0.4) is 0 Å². The largest absolute Gasteiger partial charge is 0.465 e. The van der Waals surface area contributed by atoms with Crippen molar-refractivity contribution in [2.24, 2.45) is 0 Å². The predicted octanol–water partition coefficient (Wildman–Crippen LogP) is 3.94. The normalized spacial score (nSPS) is 13.2. The van der Waals surface area contributed by atoms with Crippen molar-refractivity contribution in [1.82, 2.24) is 15.5 Å². The molecule has 2 heterocycles. The first-order valence-corrected chi connectivity index (χ1v) is 11.0. The highest BCUT2D eigenvalue weighted by molar-refractivity contribution is 5.94. The van der Waals surface area contributed by atoms with Crippen LogP contribution in [-0.4, -0.2) is 50.4 Å². The Labute approximate surface area is 201 Å². The highest BCUT2D eigenvalue weighted by Gasteiger charge is 2.28. The average Bonchev–Trinajstić information content (AvgIpc) is 3.32. The van der Waals surface area contributed by atoms with Gasteiger partial charge in [0.1, 0.15) is 0 Å². The van der Waals surface area contributed by atoms with E-state index in [-0.39, 0.29) is 11.6 Å². The molecule has 0 saturated heterocycles. The number of rotatable bonds is 4. The fourth-order valence-corrected chi connectivity index (χ4v) is 4.17. The number of nitrogens with zero attached hydrogens (tertiary/aromatic N) is 3. The number of benzene rings is 2. The molecule has 1 aliphatic rings. The molecule has 1 aromatic heterocycles. The molecule has 10 heteroatoms. The van der Waals surface area contributed by atoms with Crippen molar-refractivity contribution < 1.29 is 29.2 Å². The Morgan fingerprint density at radius 2 is 1.77 bits per heavy atom. The van der Waals surface area contributed by atoms with Crippen molar-refractivity contribution in [3.63, 3.8) is 0 Å². The van der Waals surface area contributed by atoms with Gasteiger partial charge in [-0.3, -0.25) is 19.7 Å². The number of carbonyl (C=O) groups is 3. The molecule has 0 atom stereocenters. The van der Waals surface area contributed by atoms with Crippen molar-refractivity contribution in [1.29, 1.82) is 0 Å². The van der Waals surface area contributed by atoms with E-state index in [0.29, 0.717) is 42.1 Å². The van der Waals surface area contributed by atoms with E-state index in [1.807, 2.05) is 20.8 Å². The van der Waals surface area contributed by atoms with Crippen LogP contribution in [0.4, 0.5) is 10.5 Å². The van der Waals surface area contributed by atoms with E-state index in [9.17, 15) is 19.5 Å². The number of nitrogens with one attached hydrogen (secondary N) is 1. The summed E-state index contributed by atoms with van der Waals surface area (Å²) in [6.07, 6.45) is -0.484. The molecular weight excluding hydrogens is 452 g/mol. The van der Waals surface area contributed by atoms with E-state index in [1.165, 1.54) is 4.90 Å². The predicted molar refractivity (Wildman–Crippen MR) is 126 cm³/mol. The highest BCUT2D eigenvalue weighted by Crippen LogP contribution is 2.29. The molecule has 3 N–H and O–H groups in total. The molecule has 3 aromatic rings. The van der Waals surface area contributed by atoms with E-state index in [1.54, 1.807) is 58.9 Å². The first-order chi connectivity index (χ1) is 16.6. The topological polar surface area (TPSA) is 136 Å². The van der Waals surface area contributed by atoms with Crippen LogP contribution in [0.5, 0.6) is 0 Å². The van der Waals surface area contributed by atoms with Gasteiger partial charge >= 0.3 is 6.09 Å². The number of anilines is 1. The number of carboxylic acid groups (broad SMARTS) is 1. The maximum atomic E-state index is 13.0. The highest BCUT2D eigenvalue weighted by atomic mass is 16.5. The van der Waals surface area contributed by atoms with Gasteiger partial charge in [0.2, 0.25) is 0 Å². The number of hydrogen-bond acceptors (Lipinski definition) is 6. The van der Waals surface area contributed by atoms with Gasteiger partial charge < -0.3 is 14.5 Å². The minimum absolute atomic E-state index is 0.172. The molecule has 4 rings (SSSR count). The standard InChI is InChI=1S/C25H26N4O6/c1-25(2,3)29(24(32)33)19-8-6-15(7-9-19)21-13-20(27-35-21)23(31)28-11-10-16-12-17(22(30)26-34)4-5-18(16)14-28/h4-9,12-13,34H,10-11,14H2,1-3H3,(H,26,30)(H,32,33). The second-order valence-electron chi connectivity index (χ2n) is 9.31. The van der Waals surface area contributed by atoms with Crippen molar-refractivity contribution in [2.45, 2.75) is 39.3 Å². The van der Waals surface area contributed by atoms with Crippen LogP contribution in [-0.2, 0) is 13.0 Å². The van der Waals surface area contributed by atoms with Gasteiger partial charge in [0.15, 0.2) is 11.5 Å². The van der Waals surface area contributed by atoms with Crippen LogP contribution in [0, 0.1) is 0 Å². The van der Waals surface area contributed by atoms with E-state index < -0.39 is 17.5 Å². The van der Waals surface area contributed by atoms with Gasteiger partial charge in [-0.15, -0.1) is 0 Å². The molecule has 0 unspecified atom stereocenters. The van der Waals surface area contributed by atoms with E-state index in [4.69, 9.17) is 9.73 Å². The number of carbonyl (C=O) groups excluding carboxylic acids is 2. The fraction of sp³-hybridized carbons (Fsp3) is 0.280. The molecule has 0 spiro atoms. The van der Waals surface area contributed by atoms with Crippen LogP contribution < -0.4 is 10.4 Å². The zero-order chi connectivity index (χ0) is 25.3. The van der Waals surface area contributed by atoms with Gasteiger partial charge in [0.05, 0.1) is 0 Å². The molecule has 0 radical (unpaired) electrons. The van der Waals surface area contributed by atoms with Gasteiger partial charge in [-0.05, 0) is 74.7 Å². The molecule has 0 aliphatic carbocycles. The summed E-state index contributed by atoms with van der Waals surface area (Å²) in [5.41, 5.74) is 4.59. The maximum absolute atomic E-state index is 13.0. The van der Waals surface area contributed by atoms with Crippen molar-refractivity contribution >= 4 is 23.6 Å². The molecule has 182 valence electrons. The second kappa shape index (κ2) is 9.22. The summed E-state index contributed by atoms with van der Waals surface area (Å²) in [5, 5.41) is 22.3. The minimum atomic E-state index is -1.05. The van der Waals surface area contributed by atoms with Gasteiger partial charge in [-0.1, -0.05) is 11.2 Å². The van der Waals surface area contributed by atoms with Crippen molar-refractivity contribution in [2.75, 3.05) is 11.4 Å². The third-order valence-corrected chi connectivity index (χ3v) is 5.87. The number of hydrogen-bond donors (Lipinski definition) is 3. The van der Waals surface area contributed by atoms with Crippen LogP contribution in [0.2, 0.25) is 0 Å². The van der Waals surface area contributed by atoms with Crippen LogP contribution in [0.25, 0.3) is 11.3 Å². The molecule has 10 nitrogen and oxygen atoms in total. The van der Waals surface area contributed by atoms with Crippen LogP contribution in [0.15, 0.2) is 53.1 Å². The lowest BCUT2D eigenvalue weighted by atomic mass is 9.97. The zero-order valence-corrected chi connectivity index (χ0v) is 19.6. The molecule has 0 bridgehead atoms. The summed E-state index contributed by atoms with van der Waals surface area (Å²) < 4.78 is 5.41. The fourth-order valence-electron chi connectivity index (χ4n) is 4.17. The number of amides is 3. The SMILES string of the molecule is CC(C)(C)N(C(=O)O)c1ccc(-c2cc(C(=O)N3CCc4cc(C(=O)NO)ccc4C3)no2)cc1. The molecule has 1 aliphatic heterocycles. The quantitative estimate of drug-likeness (QED) is 0.382. The smallest absolute Gasteiger partial charge is 0.412 e. The number of fused-ring (bicyclic) bond motifs is 1. The molecule has 2 aromatic carbocycles. The summed E-state index contributed by atoms with van der Waals surface area (Å²) in [6, 6.07) is 13.5. The first kappa shape index (κ1) is 24.0. The first-order valence-electron chi connectivity index (χ1n) is 11.0. The number of aromatic nitrogens is 1. The Balaban J connectivity index is 1.49. The third-order valence-electron chi connectivity index (χ3n) is 5.87. The minimum Gasteiger partial charge on any atom is -0.465 e. The summed E-state index contributed by atoms with van der Waals surface area (Å²) >= 11 is 0. The molecule has 0 saturated carbocycles. The molecule has 35 heavy (non-hydrogen) atoms. The van der Waals surface area contributed by atoms with Gasteiger partial charge in [0.25, 0.3) is 11.8 Å². The molecule has 0 fully saturated rings. The van der Waals surface area contributed by atoms with Crippen molar-refractivity contribution in [3.05, 3.63) is 70.9 Å². The molecule has 3 amide bonds. The van der Waals surface area contributed by atoms with Crippen LogP contribution in [0.1, 0.15) is 52.7 Å². The van der Waals surface area contributed by atoms with Crippen molar-refractivity contribution in [3.8, 4) is 11.3 Å². The van der Waals surface area contributed by atoms with E-state index >= 15 is 0 Å². The summed E-state index contributed by atoms with van der Waals surface area (Å²) in [4.78, 5) is 39.3. The lowest BCUT2D eigenvalue weighted by molar-refractivity contribution is 0.0701. The average molecular weight is 479 g/mol. The Morgan fingerprint density at radius 1 is 1.06 bits per heavy atom. The number of hydroxylamine groups is 1. The Hall–Kier alpha value is -4.18. The lowest BCUT2D eigenvalue weighted by Crippen LogP contribution is -2.45. The zero-order valence-electron chi connectivity index (χ0n) is 19.6. The Morgan fingerprint density at radius 3 is 2.40 bits per heavy atom. The lowest BCUT2D eigenvalue weighted by Gasteiger charge is -2.33. The van der Waals surface area contributed by atoms with E-state index in [2.05, 4.69) is 5.16 Å². The second-order valence-corrected chi connectivity index (χ2v) is 9.31. The van der Waals surface area contributed by atoms with Gasteiger partial charge in [0, 0.05) is 41.5 Å². The summed E-state index contributed by atoms with van der Waals surface area (Å²) in [6.45, 7) is 6.25. The summed E-state index contributed by atoms with van der Waals surface area (Å²) in [7, 11) is 0. The maximum Gasteiger partial charge on any atom is 0.412 e. The van der Waals surface area contributed by atoms with E-state index in [0.717, 1.165) is 11.1 Å². The third kappa shape index (κ3) is 4.87. The van der Waals surface area contributed by atoms with Gasteiger partial charge in [-0.2, -0.15) is 0 Å². The molecular formula is C25H26N4O6. The summed E-state index contributed by atoms with van der Waals surface area (Å²) in [5.74, 6) is -0.456. The van der Waals surface area contributed by atoms with Gasteiger partial charge in [-0.25, -0.2) is 10.3 Å². The monoisotopic (exact) mass is 478 g/mol. The van der Waals surface area contributed by atoms with Crippen LogP contribution >= 0.6 is 0 Å². The Kier molecular flexibility index (Phi) is 6.31.